The van der Waals surface area contributed by atoms with Crippen molar-refractivity contribution in [2.45, 2.75) is 20.3 Å². The van der Waals surface area contributed by atoms with Crippen LogP contribution < -0.4 is 5.73 Å². The number of rotatable bonds is 2. The number of aromatic nitrogens is 1. The molecule has 10 heavy (non-hydrogen) atoms. The topological polar surface area (TPSA) is 38.9 Å². The molecule has 0 radical (unpaired) electrons. The minimum Gasteiger partial charge on any atom is -0.375 e. The van der Waals surface area contributed by atoms with E-state index in [1.165, 1.54) is 4.88 Å². The van der Waals surface area contributed by atoms with E-state index in [4.69, 9.17) is 5.73 Å². The van der Waals surface area contributed by atoms with Gasteiger partial charge in [-0.3, -0.25) is 0 Å². The fourth-order valence-electron chi connectivity index (χ4n) is 0.819. The number of nitrogens with two attached hydrogens (primary N) is 1. The zero-order chi connectivity index (χ0) is 7.56. The summed E-state index contributed by atoms with van der Waals surface area (Å²) in [6.45, 7) is 4.38. The second-order valence-corrected chi connectivity index (χ2v) is 3.91. The predicted molar refractivity (Wildman–Crippen MR) is 45.1 cm³/mol. The Hall–Kier alpha value is -0.570. The fourth-order valence-corrected chi connectivity index (χ4v) is 1.72. The van der Waals surface area contributed by atoms with Crippen molar-refractivity contribution in [3.05, 3.63) is 11.1 Å². The molecule has 0 aromatic carbocycles. The lowest BCUT2D eigenvalue weighted by Gasteiger charge is -1.97. The Labute approximate surface area is 65.1 Å². The summed E-state index contributed by atoms with van der Waals surface area (Å²) in [5, 5.41) is 0.677. The van der Waals surface area contributed by atoms with Crippen LogP contribution >= 0.6 is 11.3 Å². The molecule has 2 N–H and O–H groups in total. The van der Waals surface area contributed by atoms with Crippen LogP contribution in [0, 0.1) is 5.92 Å². The third kappa shape index (κ3) is 1.99. The van der Waals surface area contributed by atoms with Gasteiger partial charge < -0.3 is 5.73 Å². The van der Waals surface area contributed by atoms with Gasteiger partial charge in [0.2, 0.25) is 0 Å². The summed E-state index contributed by atoms with van der Waals surface area (Å²) < 4.78 is 0. The summed E-state index contributed by atoms with van der Waals surface area (Å²) in [6.07, 6.45) is 2.95. The molecule has 0 bridgehead atoms. The standard InChI is InChI=1S/C7H12N2S/c1-5(2)3-6-4-9-7(8)10-6/h4-5H,3H2,1-2H3,(H2,8,9). The third-order valence-corrected chi connectivity index (χ3v) is 2.03. The maximum absolute atomic E-state index is 5.46. The minimum absolute atomic E-state index is 0.677. The van der Waals surface area contributed by atoms with E-state index in [2.05, 4.69) is 18.8 Å². The highest BCUT2D eigenvalue weighted by Gasteiger charge is 2.00. The molecule has 56 valence electrons. The van der Waals surface area contributed by atoms with Gasteiger partial charge in [-0.05, 0) is 12.3 Å². The summed E-state index contributed by atoms with van der Waals surface area (Å²) in [6, 6.07) is 0. The molecule has 0 spiro atoms. The maximum Gasteiger partial charge on any atom is 0.180 e. The summed E-state index contributed by atoms with van der Waals surface area (Å²) in [5.41, 5.74) is 5.46. The van der Waals surface area contributed by atoms with Crippen molar-refractivity contribution in [2.24, 2.45) is 5.92 Å². The van der Waals surface area contributed by atoms with Crippen LogP contribution in [-0.2, 0) is 6.42 Å². The Morgan fingerprint density at radius 2 is 2.40 bits per heavy atom. The molecular weight excluding hydrogens is 144 g/mol. The van der Waals surface area contributed by atoms with Crippen LogP contribution in [0.3, 0.4) is 0 Å². The van der Waals surface area contributed by atoms with E-state index >= 15 is 0 Å². The number of thiazole rings is 1. The average molecular weight is 156 g/mol. The fraction of sp³-hybridized carbons (Fsp3) is 0.571. The van der Waals surface area contributed by atoms with Crippen LogP contribution in [0.2, 0.25) is 0 Å². The van der Waals surface area contributed by atoms with Crippen LogP contribution in [0.4, 0.5) is 5.13 Å². The monoisotopic (exact) mass is 156 g/mol. The SMILES string of the molecule is CC(C)Cc1cnc(N)s1. The maximum atomic E-state index is 5.46. The lowest BCUT2D eigenvalue weighted by molar-refractivity contribution is 0.653. The first-order valence-corrected chi connectivity index (χ1v) is 4.20. The van der Waals surface area contributed by atoms with Gasteiger partial charge in [0.05, 0.1) is 0 Å². The van der Waals surface area contributed by atoms with Gasteiger partial charge in [0, 0.05) is 11.1 Å². The summed E-state index contributed by atoms with van der Waals surface area (Å²) in [7, 11) is 0. The van der Waals surface area contributed by atoms with Gasteiger partial charge in [-0.25, -0.2) is 4.98 Å². The molecule has 0 saturated heterocycles. The zero-order valence-electron chi connectivity index (χ0n) is 6.29. The number of hydrogen-bond donors (Lipinski definition) is 1. The highest BCUT2D eigenvalue weighted by Crippen LogP contribution is 2.17. The Bertz CT molecular complexity index is 205. The molecule has 1 aromatic rings. The quantitative estimate of drug-likeness (QED) is 0.710. The molecule has 0 amide bonds. The smallest absolute Gasteiger partial charge is 0.180 e. The van der Waals surface area contributed by atoms with Gasteiger partial charge in [0.15, 0.2) is 5.13 Å². The Morgan fingerprint density at radius 3 is 2.80 bits per heavy atom. The van der Waals surface area contributed by atoms with Gasteiger partial charge in [0.25, 0.3) is 0 Å². The number of anilines is 1. The van der Waals surface area contributed by atoms with Crippen molar-refractivity contribution in [1.29, 1.82) is 0 Å². The summed E-state index contributed by atoms with van der Waals surface area (Å²) in [4.78, 5) is 5.25. The van der Waals surface area contributed by atoms with Crippen LogP contribution in [0.25, 0.3) is 0 Å². The summed E-state index contributed by atoms with van der Waals surface area (Å²) >= 11 is 1.58. The first-order valence-electron chi connectivity index (χ1n) is 3.38. The highest BCUT2D eigenvalue weighted by molar-refractivity contribution is 7.15. The molecule has 3 heteroatoms. The predicted octanol–water partition coefficient (Wildman–Crippen LogP) is 1.92. The second-order valence-electron chi connectivity index (χ2n) is 2.76. The van der Waals surface area contributed by atoms with Crippen LogP contribution in [-0.4, -0.2) is 4.98 Å². The highest BCUT2D eigenvalue weighted by atomic mass is 32.1. The van der Waals surface area contributed by atoms with Gasteiger partial charge in [-0.15, -0.1) is 11.3 Å². The van der Waals surface area contributed by atoms with Crippen molar-refractivity contribution in [3.63, 3.8) is 0 Å². The molecule has 2 nitrogen and oxygen atoms in total. The van der Waals surface area contributed by atoms with Crippen LogP contribution in [0.1, 0.15) is 18.7 Å². The van der Waals surface area contributed by atoms with E-state index in [0.717, 1.165) is 6.42 Å². The molecule has 0 unspecified atom stereocenters. The largest absolute Gasteiger partial charge is 0.375 e. The van der Waals surface area contributed by atoms with Gasteiger partial charge in [-0.2, -0.15) is 0 Å². The first kappa shape index (κ1) is 7.54. The molecule has 1 heterocycles. The van der Waals surface area contributed by atoms with Crippen molar-refractivity contribution in [3.8, 4) is 0 Å². The number of nitrogens with zero attached hydrogens (tertiary/aromatic N) is 1. The lowest BCUT2D eigenvalue weighted by Crippen LogP contribution is -1.89. The molecule has 0 fully saturated rings. The molecule has 0 aliphatic rings. The lowest BCUT2D eigenvalue weighted by atomic mass is 10.1. The molecule has 0 saturated carbocycles. The van der Waals surface area contributed by atoms with Crippen molar-refractivity contribution in [1.82, 2.24) is 4.98 Å². The number of hydrogen-bond acceptors (Lipinski definition) is 3. The zero-order valence-corrected chi connectivity index (χ0v) is 7.11. The Morgan fingerprint density at radius 1 is 1.70 bits per heavy atom. The molecule has 1 rings (SSSR count). The second kappa shape index (κ2) is 3.01. The van der Waals surface area contributed by atoms with E-state index in [0.29, 0.717) is 11.0 Å². The minimum atomic E-state index is 0.677. The van der Waals surface area contributed by atoms with E-state index in [1.807, 2.05) is 6.20 Å². The third-order valence-electron chi connectivity index (χ3n) is 1.18. The first-order chi connectivity index (χ1) is 4.68. The van der Waals surface area contributed by atoms with E-state index in [9.17, 15) is 0 Å². The molecule has 0 aliphatic heterocycles. The van der Waals surface area contributed by atoms with Crippen molar-refractivity contribution >= 4 is 16.5 Å². The molecular formula is C7H12N2S. The van der Waals surface area contributed by atoms with Crippen LogP contribution in [0.15, 0.2) is 6.20 Å². The Balaban J connectivity index is 2.58. The van der Waals surface area contributed by atoms with Crippen LogP contribution in [0.5, 0.6) is 0 Å². The normalized spacial score (nSPS) is 10.7. The van der Waals surface area contributed by atoms with E-state index in [-0.39, 0.29) is 0 Å². The molecule has 0 atom stereocenters. The van der Waals surface area contributed by atoms with E-state index < -0.39 is 0 Å². The molecule has 0 aliphatic carbocycles. The van der Waals surface area contributed by atoms with Crippen molar-refractivity contribution < 1.29 is 0 Å². The average Bonchev–Trinajstić information content (AvgIpc) is 2.13. The van der Waals surface area contributed by atoms with Gasteiger partial charge in [-0.1, -0.05) is 13.8 Å². The van der Waals surface area contributed by atoms with Gasteiger partial charge in [0.1, 0.15) is 0 Å². The van der Waals surface area contributed by atoms with Crippen molar-refractivity contribution in [2.75, 3.05) is 5.73 Å². The Kier molecular flexibility index (Phi) is 2.27. The number of nitrogen functional groups attached to an aromatic ring is 1. The molecule has 1 aromatic heterocycles. The van der Waals surface area contributed by atoms with E-state index in [1.54, 1.807) is 11.3 Å². The summed E-state index contributed by atoms with van der Waals surface area (Å²) in [5.74, 6) is 0.694. The van der Waals surface area contributed by atoms with Gasteiger partial charge >= 0.3 is 0 Å².